The van der Waals surface area contributed by atoms with Gasteiger partial charge in [-0.3, -0.25) is 4.55 Å². The number of phenols is 1. The third-order valence-corrected chi connectivity index (χ3v) is 6.07. The summed E-state index contributed by atoms with van der Waals surface area (Å²) in [4.78, 5) is 10.9. The number of benzene rings is 4. The number of azo groups is 3. The average Bonchev–Trinajstić information content (AvgIpc) is 2.91. The van der Waals surface area contributed by atoms with Crippen LogP contribution in [0.1, 0.15) is 10.4 Å². The first kappa shape index (κ1) is 27.5. The fourth-order valence-corrected chi connectivity index (χ4v) is 3.63. The maximum absolute atomic E-state index is 11.2. The number of carbonyl (C=O) groups is 1. The van der Waals surface area contributed by atoms with Gasteiger partial charge in [-0.15, -0.1) is 10.2 Å². The van der Waals surface area contributed by atoms with Gasteiger partial charge in [-0.05, 0) is 78.9 Å². The Hall–Kier alpha value is -5.54. The summed E-state index contributed by atoms with van der Waals surface area (Å²) in [6.07, 6.45) is 0. The highest BCUT2D eigenvalue weighted by molar-refractivity contribution is 7.85. The van der Waals surface area contributed by atoms with Gasteiger partial charge >= 0.3 is 5.97 Å². The summed E-state index contributed by atoms with van der Waals surface area (Å²) in [5, 5.41) is 43.1. The second-order valence-corrected chi connectivity index (χ2v) is 9.48. The Morgan fingerprint density at radius 1 is 0.625 bits per heavy atom. The molecule has 0 aliphatic carbocycles. The van der Waals surface area contributed by atoms with E-state index in [0.717, 1.165) is 0 Å². The van der Waals surface area contributed by atoms with Crippen molar-refractivity contribution in [2.75, 3.05) is 11.5 Å². The molecule has 4 rings (SSSR count). The van der Waals surface area contributed by atoms with Crippen LogP contribution in [-0.4, -0.2) is 29.2 Å². The summed E-state index contributed by atoms with van der Waals surface area (Å²) in [6, 6.07) is 18.4. The van der Waals surface area contributed by atoms with Crippen LogP contribution < -0.4 is 11.5 Å². The number of carboxylic acid groups (broad SMARTS) is 1. The quantitative estimate of drug-likeness (QED) is 0.0874. The molecule has 0 fully saturated rings. The summed E-state index contributed by atoms with van der Waals surface area (Å²) in [7, 11) is -4.32. The van der Waals surface area contributed by atoms with Gasteiger partial charge in [0.05, 0.1) is 39.0 Å². The van der Waals surface area contributed by atoms with Crippen LogP contribution in [0, 0.1) is 0 Å². The van der Waals surface area contributed by atoms with Gasteiger partial charge in [0, 0.05) is 0 Å². The maximum Gasteiger partial charge on any atom is 0.339 e. The fraction of sp³-hybridized carbons (Fsp3) is 0. The lowest BCUT2D eigenvalue weighted by Gasteiger charge is -2.04. The molecule has 0 radical (unpaired) electrons. The Labute approximate surface area is 226 Å². The highest BCUT2D eigenvalue weighted by atomic mass is 32.2. The van der Waals surface area contributed by atoms with Crippen LogP contribution in [-0.2, 0) is 10.1 Å². The Morgan fingerprint density at radius 2 is 1.05 bits per heavy atom. The summed E-state index contributed by atoms with van der Waals surface area (Å²) in [5.74, 6) is -1.65. The van der Waals surface area contributed by atoms with E-state index in [1.807, 2.05) is 0 Å². The minimum Gasteiger partial charge on any atom is -0.507 e. The molecule has 0 aliphatic rings. The van der Waals surface area contributed by atoms with Gasteiger partial charge in [0.25, 0.3) is 10.1 Å². The number of nitrogens with two attached hydrogens (primary N) is 2. The molecule has 0 atom stereocenters. The smallest absolute Gasteiger partial charge is 0.339 e. The van der Waals surface area contributed by atoms with Crippen LogP contribution in [0.3, 0.4) is 0 Å². The first-order valence-corrected chi connectivity index (χ1v) is 12.6. The number of anilines is 2. The van der Waals surface area contributed by atoms with E-state index < -0.39 is 16.1 Å². The number of aromatic carboxylic acids is 1. The average molecular weight is 561 g/mol. The van der Waals surface area contributed by atoms with E-state index in [9.17, 15) is 18.3 Å². The monoisotopic (exact) mass is 560 g/mol. The Balaban J connectivity index is 1.47. The molecule has 0 heterocycles. The molecule has 0 unspecified atom stereocenters. The first-order chi connectivity index (χ1) is 19.0. The predicted molar refractivity (Wildman–Crippen MR) is 146 cm³/mol. The van der Waals surface area contributed by atoms with Gasteiger partial charge in [-0.2, -0.15) is 28.9 Å². The molecule has 4 aromatic carbocycles. The molecular weight excluding hydrogens is 540 g/mol. The van der Waals surface area contributed by atoms with E-state index in [0.29, 0.717) is 17.1 Å². The van der Waals surface area contributed by atoms with E-state index in [2.05, 4.69) is 30.7 Å². The summed E-state index contributed by atoms with van der Waals surface area (Å²) >= 11 is 0. The van der Waals surface area contributed by atoms with Crippen molar-refractivity contribution in [1.82, 2.24) is 0 Å². The fourth-order valence-electron chi connectivity index (χ4n) is 3.15. The molecule has 0 saturated carbocycles. The minimum atomic E-state index is -4.32. The van der Waals surface area contributed by atoms with Crippen LogP contribution in [0.15, 0.2) is 114 Å². The van der Waals surface area contributed by atoms with Crippen LogP contribution in [0.4, 0.5) is 45.5 Å². The maximum atomic E-state index is 11.2. The number of rotatable bonds is 8. The van der Waals surface area contributed by atoms with Gasteiger partial charge in [-0.25, -0.2) is 4.79 Å². The van der Waals surface area contributed by atoms with Crippen molar-refractivity contribution in [2.45, 2.75) is 4.90 Å². The second-order valence-electron chi connectivity index (χ2n) is 8.06. The Morgan fingerprint density at radius 3 is 1.52 bits per heavy atom. The van der Waals surface area contributed by atoms with Crippen LogP contribution in [0.25, 0.3) is 0 Å². The topological polar surface area (TPSA) is 238 Å². The lowest BCUT2D eigenvalue weighted by molar-refractivity contribution is 0.0693. The minimum absolute atomic E-state index is 0.230. The molecule has 202 valence electrons. The van der Waals surface area contributed by atoms with Crippen LogP contribution >= 0.6 is 0 Å². The van der Waals surface area contributed by atoms with E-state index in [4.69, 9.17) is 21.1 Å². The van der Waals surface area contributed by atoms with E-state index in [1.54, 1.807) is 24.3 Å². The number of hydrogen-bond donors (Lipinski definition) is 5. The van der Waals surface area contributed by atoms with Crippen molar-refractivity contribution < 1.29 is 28.0 Å². The van der Waals surface area contributed by atoms with Gasteiger partial charge in [0.2, 0.25) is 0 Å². The van der Waals surface area contributed by atoms with Crippen molar-refractivity contribution in [3.8, 4) is 5.75 Å². The third-order valence-electron chi connectivity index (χ3n) is 5.20. The number of nitrogens with zero attached hydrogens (tertiary/aromatic N) is 6. The van der Waals surface area contributed by atoms with Gasteiger partial charge in [0.1, 0.15) is 22.7 Å². The normalized spacial score (nSPS) is 12.0. The number of hydrogen-bond acceptors (Lipinski definition) is 12. The highest BCUT2D eigenvalue weighted by Gasteiger charge is 2.11. The Bertz CT molecular complexity index is 1770. The zero-order valence-corrected chi connectivity index (χ0v) is 21.1. The highest BCUT2D eigenvalue weighted by Crippen LogP contribution is 2.35. The zero-order chi connectivity index (χ0) is 28.9. The van der Waals surface area contributed by atoms with Crippen LogP contribution in [0.2, 0.25) is 0 Å². The molecule has 0 bridgehead atoms. The van der Waals surface area contributed by atoms with Crippen molar-refractivity contribution >= 4 is 61.6 Å². The lowest BCUT2D eigenvalue weighted by atomic mass is 10.2. The summed E-state index contributed by atoms with van der Waals surface area (Å²) < 4.78 is 31.4. The molecule has 14 nitrogen and oxygen atoms in total. The number of carboxylic acids is 1. The van der Waals surface area contributed by atoms with E-state index >= 15 is 0 Å². The molecule has 40 heavy (non-hydrogen) atoms. The van der Waals surface area contributed by atoms with Crippen molar-refractivity contribution in [1.29, 1.82) is 0 Å². The lowest BCUT2D eigenvalue weighted by Crippen LogP contribution is -1.96. The third kappa shape index (κ3) is 6.85. The van der Waals surface area contributed by atoms with Crippen LogP contribution in [0.5, 0.6) is 5.75 Å². The SMILES string of the molecule is Nc1cc(N)c(N=Nc2ccc(S(=O)(=O)O)cc2)cc1N=Nc1ccc(N=Nc2ccc(O)c(C(=O)O)c2)cc1. The first-order valence-electron chi connectivity index (χ1n) is 11.2. The van der Waals surface area contributed by atoms with Gasteiger partial charge in [0.15, 0.2) is 0 Å². The largest absolute Gasteiger partial charge is 0.507 e. The molecule has 0 amide bonds. The molecule has 0 aliphatic heterocycles. The van der Waals surface area contributed by atoms with Crippen molar-refractivity contribution in [3.05, 3.63) is 84.4 Å². The standard InChI is InChI=1S/C25H20N8O6S/c26-20-12-21(27)23(33-30-16-5-8-18(9-6-16)40(37,38)39)13-22(20)32-29-15-3-1-14(2-4-15)28-31-17-7-10-24(34)19(11-17)25(35)36/h1-13,34H,26-27H2,(H,35,36)(H,37,38,39). The Kier molecular flexibility index (Phi) is 7.88. The number of aromatic hydroxyl groups is 1. The van der Waals surface area contributed by atoms with Crippen molar-refractivity contribution in [3.63, 3.8) is 0 Å². The van der Waals surface area contributed by atoms with Gasteiger partial charge < -0.3 is 21.7 Å². The van der Waals surface area contributed by atoms with Crippen molar-refractivity contribution in [2.24, 2.45) is 30.7 Å². The molecule has 0 saturated heterocycles. The zero-order valence-electron chi connectivity index (χ0n) is 20.3. The summed E-state index contributed by atoms with van der Waals surface area (Å²) in [6.45, 7) is 0. The molecule has 15 heteroatoms. The van der Waals surface area contributed by atoms with E-state index in [-0.39, 0.29) is 44.6 Å². The summed E-state index contributed by atoms with van der Waals surface area (Å²) in [5.41, 5.74) is 14.2. The molecule has 7 N–H and O–H groups in total. The van der Waals surface area contributed by atoms with Gasteiger partial charge in [-0.1, -0.05) is 0 Å². The number of nitrogen functional groups attached to an aromatic ring is 2. The van der Waals surface area contributed by atoms with E-state index in [1.165, 1.54) is 54.6 Å². The second kappa shape index (κ2) is 11.5. The predicted octanol–water partition coefficient (Wildman–Crippen LogP) is 6.75. The molecule has 0 aromatic heterocycles. The molecule has 4 aromatic rings. The molecule has 0 spiro atoms. The molecular formula is C25H20N8O6S.